The zero-order valence-electron chi connectivity index (χ0n) is 10.2. The van der Waals surface area contributed by atoms with Crippen LogP contribution in [0, 0.1) is 5.92 Å². The van der Waals surface area contributed by atoms with Gasteiger partial charge in [-0.1, -0.05) is 20.3 Å². The van der Waals surface area contributed by atoms with Gasteiger partial charge in [-0.3, -0.25) is 0 Å². The van der Waals surface area contributed by atoms with Crippen molar-refractivity contribution in [3.63, 3.8) is 0 Å². The Morgan fingerprint density at radius 3 is 2.73 bits per heavy atom. The van der Waals surface area contributed by atoms with Crippen molar-refractivity contribution >= 4 is 0 Å². The van der Waals surface area contributed by atoms with Crippen molar-refractivity contribution in [1.82, 2.24) is 0 Å². The van der Waals surface area contributed by atoms with E-state index in [1.54, 1.807) is 7.11 Å². The Bertz CT molecular complexity index is 161. The summed E-state index contributed by atoms with van der Waals surface area (Å²) in [6, 6.07) is 0. The molecule has 1 fully saturated rings. The fourth-order valence-corrected chi connectivity index (χ4v) is 2.26. The number of rotatable bonds is 4. The molecule has 1 heterocycles. The van der Waals surface area contributed by atoms with Crippen LogP contribution in [-0.4, -0.2) is 26.3 Å². The molecule has 0 N–H and O–H groups in total. The van der Waals surface area contributed by atoms with Crippen LogP contribution in [-0.2, 0) is 14.2 Å². The molecule has 0 spiro atoms. The number of ether oxygens (including phenoxy) is 3. The Labute approximate surface area is 93.1 Å². The standard InChI is InChI=1S/C12H24O3/c1-4-7-10-8-6-9-14-12(13-3)15-11(10)5-2/h10-12H,4-9H2,1-3H3. The van der Waals surface area contributed by atoms with E-state index in [9.17, 15) is 0 Å². The lowest BCUT2D eigenvalue weighted by Gasteiger charge is -2.32. The van der Waals surface area contributed by atoms with Crippen molar-refractivity contribution in [2.45, 2.75) is 58.5 Å². The molecule has 1 saturated heterocycles. The minimum absolute atomic E-state index is 0.287. The van der Waals surface area contributed by atoms with Gasteiger partial charge in [0, 0.05) is 7.11 Å². The van der Waals surface area contributed by atoms with E-state index in [0.717, 1.165) is 19.4 Å². The first-order chi connectivity index (χ1) is 7.31. The first-order valence-corrected chi connectivity index (χ1v) is 6.11. The largest absolute Gasteiger partial charge is 0.333 e. The summed E-state index contributed by atoms with van der Waals surface area (Å²) in [5, 5.41) is 0. The topological polar surface area (TPSA) is 27.7 Å². The maximum atomic E-state index is 5.81. The number of hydrogen-bond acceptors (Lipinski definition) is 3. The molecule has 0 aromatic carbocycles. The molecule has 0 aliphatic carbocycles. The Morgan fingerprint density at radius 2 is 2.13 bits per heavy atom. The molecule has 0 aromatic heterocycles. The van der Waals surface area contributed by atoms with Crippen LogP contribution in [0.2, 0.25) is 0 Å². The van der Waals surface area contributed by atoms with E-state index < -0.39 is 6.48 Å². The third-order valence-electron chi connectivity index (χ3n) is 3.04. The Kier molecular flexibility index (Phi) is 6.22. The van der Waals surface area contributed by atoms with Gasteiger partial charge in [0.25, 0.3) is 6.48 Å². The Balaban J connectivity index is 2.53. The smallest absolute Gasteiger partial charge is 0.271 e. The lowest BCUT2D eigenvalue weighted by Crippen LogP contribution is -2.34. The molecule has 90 valence electrons. The maximum absolute atomic E-state index is 5.81. The fourth-order valence-electron chi connectivity index (χ4n) is 2.26. The number of methoxy groups -OCH3 is 1. The van der Waals surface area contributed by atoms with Crippen LogP contribution in [0.1, 0.15) is 46.0 Å². The van der Waals surface area contributed by atoms with Crippen LogP contribution >= 0.6 is 0 Å². The lowest BCUT2D eigenvalue weighted by molar-refractivity contribution is -0.307. The molecule has 0 radical (unpaired) electrons. The Hall–Kier alpha value is -0.120. The van der Waals surface area contributed by atoms with Gasteiger partial charge in [0.1, 0.15) is 0 Å². The molecule has 0 amide bonds. The molecule has 1 aliphatic heterocycles. The van der Waals surface area contributed by atoms with Gasteiger partial charge < -0.3 is 14.2 Å². The molecule has 3 atom stereocenters. The molecule has 0 aromatic rings. The van der Waals surface area contributed by atoms with Crippen LogP contribution in [0.25, 0.3) is 0 Å². The zero-order chi connectivity index (χ0) is 11.1. The molecule has 1 rings (SSSR count). The summed E-state index contributed by atoms with van der Waals surface area (Å²) in [5.74, 6) is 0.668. The van der Waals surface area contributed by atoms with E-state index in [1.165, 1.54) is 19.3 Å². The van der Waals surface area contributed by atoms with Crippen LogP contribution < -0.4 is 0 Å². The second-order valence-corrected chi connectivity index (χ2v) is 4.17. The first-order valence-electron chi connectivity index (χ1n) is 6.11. The van der Waals surface area contributed by atoms with Gasteiger partial charge in [-0.15, -0.1) is 0 Å². The summed E-state index contributed by atoms with van der Waals surface area (Å²) >= 11 is 0. The van der Waals surface area contributed by atoms with Crippen molar-refractivity contribution in [2.24, 2.45) is 5.92 Å². The number of hydrogen-bond donors (Lipinski definition) is 0. The first kappa shape index (κ1) is 12.9. The van der Waals surface area contributed by atoms with Gasteiger partial charge in [0.2, 0.25) is 0 Å². The van der Waals surface area contributed by atoms with Crippen molar-refractivity contribution in [3.8, 4) is 0 Å². The average Bonchev–Trinajstić information content (AvgIpc) is 2.23. The highest BCUT2D eigenvalue weighted by Crippen LogP contribution is 2.26. The summed E-state index contributed by atoms with van der Waals surface area (Å²) in [5.41, 5.74) is 0. The molecular weight excluding hydrogens is 192 g/mol. The molecule has 15 heavy (non-hydrogen) atoms. The molecule has 3 unspecified atom stereocenters. The van der Waals surface area contributed by atoms with Crippen molar-refractivity contribution in [3.05, 3.63) is 0 Å². The highest BCUT2D eigenvalue weighted by atomic mass is 16.8. The minimum atomic E-state index is -0.463. The second-order valence-electron chi connectivity index (χ2n) is 4.17. The molecule has 3 heteroatoms. The zero-order valence-corrected chi connectivity index (χ0v) is 10.2. The quantitative estimate of drug-likeness (QED) is 0.723. The molecular formula is C12H24O3. The van der Waals surface area contributed by atoms with E-state index in [2.05, 4.69) is 13.8 Å². The predicted molar refractivity (Wildman–Crippen MR) is 59.5 cm³/mol. The van der Waals surface area contributed by atoms with Crippen molar-refractivity contribution in [1.29, 1.82) is 0 Å². The Morgan fingerprint density at radius 1 is 1.33 bits per heavy atom. The predicted octanol–water partition coefficient (Wildman–Crippen LogP) is 2.94. The van der Waals surface area contributed by atoms with E-state index in [0.29, 0.717) is 5.92 Å². The van der Waals surface area contributed by atoms with Crippen molar-refractivity contribution in [2.75, 3.05) is 13.7 Å². The highest BCUT2D eigenvalue weighted by molar-refractivity contribution is 4.70. The SMILES string of the molecule is CCCC1CCCOC(OC)OC1CC. The van der Waals surface area contributed by atoms with Crippen molar-refractivity contribution < 1.29 is 14.2 Å². The third-order valence-corrected chi connectivity index (χ3v) is 3.04. The highest BCUT2D eigenvalue weighted by Gasteiger charge is 2.25. The van der Waals surface area contributed by atoms with Crippen LogP contribution in [0.3, 0.4) is 0 Å². The normalized spacial score (nSPS) is 33.4. The van der Waals surface area contributed by atoms with Gasteiger partial charge in [-0.2, -0.15) is 0 Å². The molecule has 3 nitrogen and oxygen atoms in total. The van der Waals surface area contributed by atoms with E-state index in [4.69, 9.17) is 14.2 Å². The summed E-state index contributed by atoms with van der Waals surface area (Å²) < 4.78 is 16.4. The molecule has 1 aliphatic rings. The van der Waals surface area contributed by atoms with Gasteiger partial charge >= 0.3 is 0 Å². The fraction of sp³-hybridized carbons (Fsp3) is 1.00. The summed E-state index contributed by atoms with van der Waals surface area (Å²) in [7, 11) is 1.63. The monoisotopic (exact) mass is 216 g/mol. The summed E-state index contributed by atoms with van der Waals surface area (Å²) in [4.78, 5) is 0. The summed E-state index contributed by atoms with van der Waals surface area (Å²) in [6.07, 6.45) is 6.12. The van der Waals surface area contributed by atoms with E-state index in [1.807, 2.05) is 0 Å². The lowest BCUT2D eigenvalue weighted by atomic mass is 9.90. The van der Waals surface area contributed by atoms with Crippen LogP contribution in [0.15, 0.2) is 0 Å². The van der Waals surface area contributed by atoms with Gasteiger partial charge in [0.05, 0.1) is 12.7 Å². The minimum Gasteiger partial charge on any atom is -0.333 e. The average molecular weight is 216 g/mol. The summed E-state index contributed by atoms with van der Waals surface area (Å²) in [6.45, 7) is 4.68. The third kappa shape index (κ3) is 4.09. The second kappa shape index (κ2) is 7.20. The maximum Gasteiger partial charge on any atom is 0.271 e. The molecule has 0 saturated carbocycles. The van der Waals surface area contributed by atoms with Gasteiger partial charge in [-0.25, -0.2) is 0 Å². The molecule has 0 bridgehead atoms. The van der Waals surface area contributed by atoms with E-state index >= 15 is 0 Å². The van der Waals surface area contributed by atoms with Crippen LogP contribution in [0.5, 0.6) is 0 Å². The van der Waals surface area contributed by atoms with Gasteiger partial charge in [0.15, 0.2) is 0 Å². The van der Waals surface area contributed by atoms with Gasteiger partial charge in [-0.05, 0) is 31.6 Å². The van der Waals surface area contributed by atoms with Crippen LogP contribution in [0.4, 0.5) is 0 Å². The van der Waals surface area contributed by atoms with E-state index in [-0.39, 0.29) is 6.10 Å².